The van der Waals surface area contributed by atoms with E-state index in [-0.39, 0.29) is 5.78 Å². The molecule has 0 unspecified atom stereocenters. The highest BCUT2D eigenvalue weighted by molar-refractivity contribution is 6.30. The molecule has 2 aromatic carbocycles. The van der Waals surface area contributed by atoms with Gasteiger partial charge in [-0.05, 0) is 42.0 Å². The zero-order valence-electron chi connectivity index (χ0n) is 14.5. The van der Waals surface area contributed by atoms with Crippen LogP contribution >= 0.6 is 11.6 Å². The Kier molecular flexibility index (Phi) is 5.28. The lowest BCUT2D eigenvalue weighted by molar-refractivity contribution is 0.0600. The van der Waals surface area contributed by atoms with E-state index in [1.165, 1.54) is 7.11 Å². The Hall–Kier alpha value is -3.12. The van der Waals surface area contributed by atoms with Gasteiger partial charge in [0.25, 0.3) is 0 Å². The van der Waals surface area contributed by atoms with Crippen LogP contribution in [0.15, 0.2) is 60.8 Å². The highest BCUT2D eigenvalue weighted by atomic mass is 35.5. The maximum absolute atomic E-state index is 13.1. The topological polar surface area (TPSA) is 84.5 Å². The van der Waals surface area contributed by atoms with Crippen LogP contribution < -0.4 is 10.6 Å². The van der Waals surface area contributed by atoms with Crippen LogP contribution in [0.4, 0.5) is 4.79 Å². The van der Waals surface area contributed by atoms with E-state index >= 15 is 0 Å². The van der Waals surface area contributed by atoms with Crippen molar-refractivity contribution in [3.63, 3.8) is 0 Å². The van der Waals surface area contributed by atoms with Crippen molar-refractivity contribution in [3.8, 4) is 0 Å². The second-order valence-electron chi connectivity index (χ2n) is 6.06. The molecule has 0 aromatic heterocycles. The summed E-state index contributed by atoms with van der Waals surface area (Å²) in [6.45, 7) is 3.85. The molecule has 138 valence electrons. The van der Waals surface area contributed by atoms with Gasteiger partial charge in [0.2, 0.25) is 0 Å². The van der Waals surface area contributed by atoms with Gasteiger partial charge in [-0.15, -0.1) is 0 Å². The number of benzene rings is 2. The molecule has 3 rings (SSSR count). The normalized spacial score (nSPS) is 19.0. The minimum atomic E-state index is -0.715. The van der Waals surface area contributed by atoms with Crippen molar-refractivity contribution in [2.45, 2.75) is 6.04 Å². The number of ether oxygens (including phenoxy) is 1. The monoisotopic (exact) mass is 384 g/mol. The lowest BCUT2D eigenvalue weighted by Gasteiger charge is -2.34. The number of ketones is 1. The van der Waals surface area contributed by atoms with Crippen molar-refractivity contribution in [2.24, 2.45) is 5.92 Å². The maximum atomic E-state index is 13.1. The van der Waals surface area contributed by atoms with E-state index in [1.807, 2.05) is 0 Å². The molecule has 2 atom stereocenters. The third-order valence-corrected chi connectivity index (χ3v) is 4.62. The molecule has 6 nitrogen and oxygen atoms in total. The third-order valence-electron chi connectivity index (χ3n) is 4.37. The van der Waals surface area contributed by atoms with E-state index < -0.39 is 24.0 Å². The molecular formula is C20H17ClN2O4. The van der Waals surface area contributed by atoms with Crippen LogP contribution in [0.2, 0.25) is 5.02 Å². The Morgan fingerprint density at radius 3 is 2.22 bits per heavy atom. The van der Waals surface area contributed by atoms with Gasteiger partial charge in [0, 0.05) is 16.3 Å². The van der Waals surface area contributed by atoms with E-state index in [0.717, 1.165) is 0 Å². The molecule has 0 radical (unpaired) electrons. The summed E-state index contributed by atoms with van der Waals surface area (Å²) in [6.07, 6.45) is 0. The van der Waals surface area contributed by atoms with Crippen molar-refractivity contribution in [3.05, 3.63) is 82.5 Å². The van der Waals surface area contributed by atoms with E-state index in [1.54, 1.807) is 48.5 Å². The molecule has 1 fully saturated rings. The number of rotatable bonds is 4. The molecule has 1 aliphatic rings. The van der Waals surface area contributed by atoms with E-state index in [2.05, 4.69) is 21.9 Å². The van der Waals surface area contributed by atoms with Crippen molar-refractivity contribution >= 4 is 29.4 Å². The van der Waals surface area contributed by atoms with Crippen molar-refractivity contribution in [2.75, 3.05) is 7.11 Å². The minimum Gasteiger partial charge on any atom is -0.465 e. The molecule has 1 aliphatic heterocycles. The van der Waals surface area contributed by atoms with Crippen molar-refractivity contribution in [1.82, 2.24) is 10.6 Å². The van der Waals surface area contributed by atoms with Gasteiger partial charge >= 0.3 is 12.0 Å². The van der Waals surface area contributed by atoms with E-state index in [9.17, 15) is 14.4 Å². The first-order chi connectivity index (χ1) is 12.9. The largest absolute Gasteiger partial charge is 0.465 e. The number of hydrogen-bond donors (Lipinski definition) is 2. The second-order valence-corrected chi connectivity index (χ2v) is 6.50. The first-order valence-corrected chi connectivity index (χ1v) is 8.53. The summed E-state index contributed by atoms with van der Waals surface area (Å²) in [5.74, 6) is -1.38. The quantitative estimate of drug-likeness (QED) is 0.624. The van der Waals surface area contributed by atoms with E-state index in [4.69, 9.17) is 11.6 Å². The van der Waals surface area contributed by atoms with Crippen LogP contribution in [0.5, 0.6) is 0 Å². The van der Waals surface area contributed by atoms with Crippen molar-refractivity contribution in [1.29, 1.82) is 0 Å². The van der Waals surface area contributed by atoms with Gasteiger partial charge < -0.3 is 15.4 Å². The molecule has 27 heavy (non-hydrogen) atoms. The number of hydrogen-bond acceptors (Lipinski definition) is 4. The summed E-state index contributed by atoms with van der Waals surface area (Å²) in [4.78, 5) is 36.6. The molecule has 0 bridgehead atoms. The number of nitrogens with one attached hydrogen (secondary N) is 2. The van der Waals surface area contributed by atoms with Gasteiger partial charge in [0.15, 0.2) is 5.78 Å². The predicted octanol–water partition coefficient (Wildman–Crippen LogP) is 3.49. The van der Waals surface area contributed by atoms with Gasteiger partial charge in [-0.1, -0.05) is 30.3 Å². The molecule has 2 amide bonds. The molecular weight excluding hydrogens is 368 g/mol. The Morgan fingerprint density at radius 2 is 1.63 bits per heavy atom. The maximum Gasteiger partial charge on any atom is 0.337 e. The van der Waals surface area contributed by atoms with Gasteiger partial charge in [-0.25, -0.2) is 9.59 Å². The Balaban J connectivity index is 1.95. The molecule has 2 N–H and O–H groups in total. The predicted molar refractivity (Wildman–Crippen MR) is 101 cm³/mol. The van der Waals surface area contributed by atoms with Crippen LogP contribution in [-0.4, -0.2) is 24.9 Å². The molecule has 2 aromatic rings. The van der Waals surface area contributed by atoms with Gasteiger partial charge in [0.1, 0.15) is 0 Å². The van der Waals surface area contributed by atoms with E-state index in [0.29, 0.717) is 27.4 Å². The Morgan fingerprint density at radius 1 is 1.04 bits per heavy atom. The number of carbonyl (C=O) groups excluding carboxylic acids is 3. The lowest BCUT2D eigenvalue weighted by Crippen LogP contribution is -2.50. The average molecular weight is 385 g/mol. The average Bonchev–Trinajstić information content (AvgIpc) is 2.67. The van der Waals surface area contributed by atoms with Gasteiger partial charge in [0.05, 0.1) is 24.6 Å². The fourth-order valence-corrected chi connectivity index (χ4v) is 3.13. The number of amides is 2. The summed E-state index contributed by atoms with van der Waals surface area (Å²) in [6, 6.07) is 12.0. The standard InChI is InChI=1S/C20H17ClN2O4/c1-11-16(18(24)13-7-9-15(21)10-8-13)17(23-20(26)22-11)12-3-5-14(6-4-12)19(25)27-2/h3-10,16-17H,1H2,2H3,(H2,22,23,26)/t16-,17-/m1/s1. The molecule has 1 heterocycles. The summed E-state index contributed by atoms with van der Waals surface area (Å²) >= 11 is 5.89. The summed E-state index contributed by atoms with van der Waals surface area (Å²) in [5, 5.41) is 5.85. The Labute approximate surface area is 161 Å². The van der Waals surface area contributed by atoms with Crippen molar-refractivity contribution < 1.29 is 19.1 Å². The number of Topliss-reactive ketones (excluding diaryl/α,β-unsaturated/α-hetero) is 1. The smallest absolute Gasteiger partial charge is 0.337 e. The number of methoxy groups -OCH3 is 1. The summed E-state index contributed by atoms with van der Waals surface area (Å²) in [5.41, 5.74) is 1.81. The number of carbonyl (C=O) groups is 3. The summed E-state index contributed by atoms with van der Waals surface area (Å²) < 4.78 is 4.68. The minimum absolute atomic E-state index is 0.203. The second kappa shape index (κ2) is 7.63. The first-order valence-electron chi connectivity index (χ1n) is 8.15. The fraction of sp³-hybridized carbons (Fsp3) is 0.150. The SMILES string of the molecule is C=C1NC(=O)N[C@H](c2ccc(C(=O)OC)cc2)[C@@H]1C(=O)c1ccc(Cl)cc1. The Bertz CT molecular complexity index is 907. The lowest BCUT2D eigenvalue weighted by atomic mass is 9.83. The number of esters is 1. The number of halogens is 1. The highest BCUT2D eigenvalue weighted by Gasteiger charge is 2.38. The van der Waals surface area contributed by atoms with Crippen LogP contribution in [0.1, 0.15) is 32.3 Å². The zero-order chi connectivity index (χ0) is 19.6. The molecule has 7 heteroatoms. The third kappa shape index (κ3) is 3.85. The molecule has 0 spiro atoms. The number of urea groups is 1. The van der Waals surface area contributed by atoms with Crippen LogP contribution in [0.3, 0.4) is 0 Å². The highest BCUT2D eigenvalue weighted by Crippen LogP contribution is 2.32. The summed E-state index contributed by atoms with van der Waals surface area (Å²) in [7, 11) is 1.30. The zero-order valence-corrected chi connectivity index (χ0v) is 15.2. The fourth-order valence-electron chi connectivity index (χ4n) is 3.01. The molecule has 0 aliphatic carbocycles. The van der Waals surface area contributed by atoms with Gasteiger partial charge in [-0.3, -0.25) is 4.79 Å². The van der Waals surface area contributed by atoms with Crippen LogP contribution in [0, 0.1) is 5.92 Å². The molecule has 1 saturated heterocycles. The van der Waals surface area contributed by atoms with Crippen LogP contribution in [-0.2, 0) is 4.74 Å². The first kappa shape index (κ1) is 18.7. The van der Waals surface area contributed by atoms with Gasteiger partial charge in [-0.2, -0.15) is 0 Å². The van der Waals surface area contributed by atoms with Crippen LogP contribution in [0.25, 0.3) is 0 Å². The molecule has 0 saturated carbocycles.